The summed E-state index contributed by atoms with van der Waals surface area (Å²) in [6.07, 6.45) is 2.93. The van der Waals surface area contributed by atoms with Gasteiger partial charge in [0.1, 0.15) is 12.1 Å². The van der Waals surface area contributed by atoms with Crippen LogP contribution >= 0.6 is 0 Å². The van der Waals surface area contributed by atoms with Gasteiger partial charge in [0.2, 0.25) is 5.16 Å². The molecule has 0 bridgehead atoms. The Labute approximate surface area is 139 Å². The molecular formula is C14H12N6O3S. The summed E-state index contributed by atoms with van der Waals surface area (Å²) >= 11 is 0. The average molecular weight is 344 g/mol. The number of rotatable bonds is 4. The summed E-state index contributed by atoms with van der Waals surface area (Å²) in [5, 5.41) is 18.6. The Balaban J connectivity index is 2.08. The van der Waals surface area contributed by atoms with Crippen LogP contribution < -0.4 is 0 Å². The third kappa shape index (κ3) is 3.04. The topological polar surface area (TPSA) is 117 Å². The fraction of sp³-hybridized carbons (Fsp3) is 0.143. The summed E-state index contributed by atoms with van der Waals surface area (Å²) in [5.41, 5.74) is 1.32. The zero-order chi connectivity index (χ0) is 17.3. The highest BCUT2D eigenvalue weighted by atomic mass is 32.2. The SMILES string of the molecule is Cc1cc(-n2cnnc2S(C)=O)nc(-c2ccc([N+](=O)[O-])cc2)n1. The van der Waals surface area contributed by atoms with Gasteiger partial charge in [0.25, 0.3) is 5.69 Å². The lowest BCUT2D eigenvalue weighted by Crippen LogP contribution is -2.06. The van der Waals surface area contributed by atoms with E-state index >= 15 is 0 Å². The van der Waals surface area contributed by atoms with Crippen molar-refractivity contribution in [2.45, 2.75) is 12.1 Å². The molecule has 0 saturated carbocycles. The molecule has 1 unspecified atom stereocenters. The van der Waals surface area contributed by atoms with E-state index in [0.29, 0.717) is 22.9 Å². The Morgan fingerprint density at radius 3 is 2.54 bits per heavy atom. The van der Waals surface area contributed by atoms with Gasteiger partial charge in [-0.2, -0.15) is 0 Å². The monoisotopic (exact) mass is 344 g/mol. The molecular weight excluding hydrogens is 332 g/mol. The summed E-state index contributed by atoms with van der Waals surface area (Å²) in [7, 11) is -1.32. The van der Waals surface area contributed by atoms with E-state index in [9.17, 15) is 14.3 Å². The third-order valence-corrected chi connectivity index (χ3v) is 3.99. The van der Waals surface area contributed by atoms with Gasteiger partial charge in [-0.05, 0) is 19.1 Å². The van der Waals surface area contributed by atoms with E-state index in [4.69, 9.17) is 0 Å². The maximum Gasteiger partial charge on any atom is 0.269 e. The first-order chi connectivity index (χ1) is 11.5. The van der Waals surface area contributed by atoms with Crippen LogP contribution in [0.15, 0.2) is 41.8 Å². The Morgan fingerprint density at radius 2 is 1.92 bits per heavy atom. The van der Waals surface area contributed by atoms with Crippen molar-refractivity contribution in [3.63, 3.8) is 0 Å². The largest absolute Gasteiger partial charge is 0.269 e. The summed E-state index contributed by atoms with van der Waals surface area (Å²) < 4.78 is 13.2. The van der Waals surface area contributed by atoms with Gasteiger partial charge in [0.15, 0.2) is 5.82 Å². The van der Waals surface area contributed by atoms with Crippen molar-refractivity contribution in [2.75, 3.05) is 6.26 Å². The van der Waals surface area contributed by atoms with Crippen molar-refractivity contribution in [3.05, 3.63) is 52.5 Å². The number of nitro benzene ring substituents is 1. The number of nitrogens with zero attached hydrogens (tertiary/aromatic N) is 6. The summed E-state index contributed by atoms with van der Waals surface area (Å²) in [6, 6.07) is 7.68. The summed E-state index contributed by atoms with van der Waals surface area (Å²) in [5.74, 6) is 0.882. The molecule has 2 aromatic heterocycles. The van der Waals surface area contributed by atoms with Crippen molar-refractivity contribution >= 4 is 16.5 Å². The van der Waals surface area contributed by atoms with Crippen molar-refractivity contribution in [1.82, 2.24) is 24.7 Å². The second-order valence-corrected chi connectivity index (χ2v) is 6.21. The minimum absolute atomic E-state index is 0.00546. The van der Waals surface area contributed by atoms with Crippen molar-refractivity contribution in [3.8, 4) is 17.2 Å². The molecule has 0 radical (unpaired) electrons. The molecule has 1 atom stereocenters. The molecule has 1 aromatic carbocycles. The summed E-state index contributed by atoms with van der Waals surface area (Å²) in [6.45, 7) is 1.80. The van der Waals surface area contributed by atoms with Crippen LogP contribution in [0.3, 0.4) is 0 Å². The number of aryl methyl sites for hydroxylation is 1. The van der Waals surface area contributed by atoms with Gasteiger partial charge >= 0.3 is 0 Å². The van der Waals surface area contributed by atoms with Crippen LogP contribution in [0.2, 0.25) is 0 Å². The van der Waals surface area contributed by atoms with Crippen LogP contribution in [0.5, 0.6) is 0 Å². The lowest BCUT2D eigenvalue weighted by Gasteiger charge is -2.08. The van der Waals surface area contributed by atoms with E-state index in [-0.39, 0.29) is 10.8 Å². The predicted molar refractivity (Wildman–Crippen MR) is 86.1 cm³/mol. The Kier molecular flexibility index (Phi) is 4.13. The van der Waals surface area contributed by atoms with Crippen LogP contribution in [0, 0.1) is 17.0 Å². The number of hydrogen-bond donors (Lipinski definition) is 0. The van der Waals surface area contributed by atoms with Crippen molar-refractivity contribution in [1.29, 1.82) is 0 Å². The normalized spacial score (nSPS) is 12.1. The van der Waals surface area contributed by atoms with Gasteiger partial charge in [-0.3, -0.25) is 18.9 Å². The molecule has 2 heterocycles. The van der Waals surface area contributed by atoms with Crippen molar-refractivity contribution < 1.29 is 9.13 Å². The predicted octanol–water partition coefficient (Wildman–Crippen LogP) is 1.68. The molecule has 0 amide bonds. The lowest BCUT2D eigenvalue weighted by atomic mass is 10.2. The summed E-state index contributed by atoms with van der Waals surface area (Å²) in [4.78, 5) is 19.1. The highest BCUT2D eigenvalue weighted by molar-refractivity contribution is 7.84. The van der Waals surface area contributed by atoms with Gasteiger partial charge in [-0.1, -0.05) is 0 Å². The Morgan fingerprint density at radius 1 is 1.21 bits per heavy atom. The number of aromatic nitrogens is 5. The third-order valence-electron chi connectivity index (χ3n) is 3.20. The van der Waals surface area contributed by atoms with E-state index in [1.54, 1.807) is 25.1 Å². The van der Waals surface area contributed by atoms with Crippen LogP contribution in [0.25, 0.3) is 17.2 Å². The number of non-ortho nitro benzene ring substituents is 1. The zero-order valence-electron chi connectivity index (χ0n) is 12.8. The molecule has 10 heteroatoms. The number of nitro groups is 1. The van der Waals surface area contributed by atoms with Crippen LogP contribution in [-0.4, -0.2) is 40.1 Å². The zero-order valence-corrected chi connectivity index (χ0v) is 13.6. The quantitative estimate of drug-likeness (QED) is 0.522. The molecule has 24 heavy (non-hydrogen) atoms. The minimum atomic E-state index is -1.32. The molecule has 0 aliphatic rings. The molecule has 0 fully saturated rings. The molecule has 0 spiro atoms. The smallest absolute Gasteiger partial charge is 0.258 e. The highest BCUT2D eigenvalue weighted by Gasteiger charge is 2.14. The van der Waals surface area contributed by atoms with Crippen LogP contribution in [-0.2, 0) is 10.8 Å². The molecule has 3 rings (SSSR count). The maximum atomic E-state index is 11.7. The Hall–Kier alpha value is -3.01. The van der Waals surface area contributed by atoms with E-state index in [2.05, 4.69) is 20.2 Å². The molecule has 0 aliphatic carbocycles. The van der Waals surface area contributed by atoms with Gasteiger partial charge in [-0.15, -0.1) is 10.2 Å². The van der Waals surface area contributed by atoms with Gasteiger partial charge in [0.05, 0.1) is 15.7 Å². The van der Waals surface area contributed by atoms with Gasteiger partial charge in [0, 0.05) is 35.7 Å². The van der Waals surface area contributed by atoms with E-state index in [1.165, 1.54) is 29.3 Å². The average Bonchev–Trinajstić information content (AvgIpc) is 3.04. The molecule has 0 aliphatic heterocycles. The number of benzene rings is 1. The second kappa shape index (κ2) is 6.24. The second-order valence-electron chi connectivity index (χ2n) is 4.93. The lowest BCUT2D eigenvalue weighted by molar-refractivity contribution is -0.384. The first-order valence-corrected chi connectivity index (χ1v) is 8.36. The van der Waals surface area contributed by atoms with E-state index in [0.717, 1.165) is 0 Å². The fourth-order valence-corrected chi connectivity index (χ4v) is 2.69. The van der Waals surface area contributed by atoms with E-state index in [1.807, 2.05) is 0 Å². The van der Waals surface area contributed by atoms with Gasteiger partial charge < -0.3 is 0 Å². The molecule has 9 nitrogen and oxygen atoms in total. The molecule has 122 valence electrons. The first-order valence-electron chi connectivity index (χ1n) is 6.80. The maximum absolute atomic E-state index is 11.7. The fourth-order valence-electron chi connectivity index (χ4n) is 2.11. The van der Waals surface area contributed by atoms with Crippen LogP contribution in [0.4, 0.5) is 5.69 Å². The molecule has 0 N–H and O–H groups in total. The molecule has 0 saturated heterocycles. The van der Waals surface area contributed by atoms with E-state index < -0.39 is 15.7 Å². The molecule has 3 aromatic rings. The minimum Gasteiger partial charge on any atom is -0.258 e. The Bertz CT molecular complexity index is 938. The van der Waals surface area contributed by atoms with Crippen molar-refractivity contribution in [2.24, 2.45) is 0 Å². The highest BCUT2D eigenvalue weighted by Crippen LogP contribution is 2.21. The number of hydrogen-bond acceptors (Lipinski definition) is 7. The van der Waals surface area contributed by atoms with Gasteiger partial charge in [-0.25, -0.2) is 9.97 Å². The van der Waals surface area contributed by atoms with Crippen LogP contribution in [0.1, 0.15) is 5.69 Å². The standard InChI is InChI=1S/C14H12N6O3S/c1-9-7-12(19-8-15-18-14(19)24(2)23)17-13(16-9)10-3-5-11(6-4-10)20(21)22/h3-8H,1-2H3. The first kappa shape index (κ1) is 15.9.